The molecular weight excluding hydrogens is 314 g/mol. The maximum Gasteiger partial charge on any atom is 0.319 e. The third-order valence-electron chi connectivity index (χ3n) is 5.41. The smallest absolute Gasteiger partial charge is 0.319 e. The number of amides is 2. The van der Waals surface area contributed by atoms with Gasteiger partial charge in [0.1, 0.15) is 12.2 Å². The fraction of sp³-hybridized carbons (Fsp3) is 0.526. The van der Waals surface area contributed by atoms with Crippen molar-refractivity contribution in [3.05, 3.63) is 41.5 Å². The summed E-state index contributed by atoms with van der Waals surface area (Å²) in [6, 6.07) is 6.76. The van der Waals surface area contributed by atoms with Gasteiger partial charge in [0.25, 0.3) is 0 Å². The number of piperidine rings is 1. The van der Waals surface area contributed by atoms with E-state index in [1.165, 1.54) is 24.0 Å². The fourth-order valence-electron chi connectivity index (χ4n) is 4.03. The van der Waals surface area contributed by atoms with Crippen LogP contribution in [-0.4, -0.2) is 57.8 Å². The van der Waals surface area contributed by atoms with Crippen LogP contribution >= 0.6 is 0 Å². The lowest BCUT2D eigenvalue weighted by molar-refractivity contribution is 0.155. The summed E-state index contributed by atoms with van der Waals surface area (Å²) >= 11 is 0. The Balaban J connectivity index is 1.52. The van der Waals surface area contributed by atoms with Gasteiger partial charge in [0.05, 0.1) is 5.69 Å². The Labute approximate surface area is 148 Å². The molecule has 1 aromatic heterocycles. The Morgan fingerprint density at radius 3 is 2.68 bits per heavy atom. The number of aryl methyl sites for hydroxylation is 2. The minimum atomic E-state index is 0.0959. The predicted octanol–water partition coefficient (Wildman–Crippen LogP) is 2.62. The Morgan fingerprint density at radius 2 is 1.92 bits per heavy atom. The summed E-state index contributed by atoms with van der Waals surface area (Å²) < 4.78 is 1.99. The van der Waals surface area contributed by atoms with Gasteiger partial charge < -0.3 is 9.80 Å². The molecule has 1 aliphatic carbocycles. The van der Waals surface area contributed by atoms with Gasteiger partial charge in [-0.2, -0.15) is 5.10 Å². The number of hydrogen-bond acceptors (Lipinski definition) is 3. The molecular formula is C19H25N5O. The van der Waals surface area contributed by atoms with Crippen LogP contribution in [0.25, 0.3) is 5.69 Å². The largest absolute Gasteiger partial charge is 0.331 e. The molecule has 1 fully saturated rings. The van der Waals surface area contributed by atoms with Crippen molar-refractivity contribution in [1.82, 2.24) is 24.6 Å². The van der Waals surface area contributed by atoms with E-state index >= 15 is 0 Å². The first-order valence-electron chi connectivity index (χ1n) is 9.12. The molecule has 4 rings (SSSR count). The Hall–Kier alpha value is -2.37. The van der Waals surface area contributed by atoms with Crippen LogP contribution in [0.4, 0.5) is 4.79 Å². The van der Waals surface area contributed by atoms with Crippen LogP contribution in [0, 0.1) is 0 Å². The highest BCUT2D eigenvalue weighted by Gasteiger charge is 2.28. The van der Waals surface area contributed by atoms with Crippen molar-refractivity contribution >= 4 is 6.03 Å². The first kappa shape index (κ1) is 16.1. The molecule has 132 valence electrons. The zero-order valence-electron chi connectivity index (χ0n) is 15.0. The SMILES string of the molecule is CN(C)C(=O)N1CCC(c2ncnn2-c2ccc3c(c2)CCC3)CC1. The van der Waals surface area contributed by atoms with Gasteiger partial charge in [0.2, 0.25) is 0 Å². The summed E-state index contributed by atoms with van der Waals surface area (Å²) in [7, 11) is 3.61. The van der Waals surface area contributed by atoms with Gasteiger partial charge in [-0.1, -0.05) is 6.07 Å². The van der Waals surface area contributed by atoms with Crippen LogP contribution in [-0.2, 0) is 12.8 Å². The molecule has 2 aromatic rings. The van der Waals surface area contributed by atoms with Gasteiger partial charge in [0.15, 0.2) is 0 Å². The lowest BCUT2D eigenvalue weighted by Gasteiger charge is -2.33. The molecule has 0 saturated carbocycles. The molecule has 1 aliphatic heterocycles. The maximum atomic E-state index is 12.1. The van der Waals surface area contributed by atoms with Crippen LogP contribution in [0.15, 0.2) is 24.5 Å². The second kappa shape index (κ2) is 6.50. The van der Waals surface area contributed by atoms with E-state index in [9.17, 15) is 4.79 Å². The number of carbonyl (C=O) groups is 1. The minimum Gasteiger partial charge on any atom is -0.331 e. The van der Waals surface area contributed by atoms with E-state index < -0.39 is 0 Å². The molecule has 2 amide bonds. The molecule has 1 aromatic carbocycles. The third-order valence-corrected chi connectivity index (χ3v) is 5.41. The number of carbonyl (C=O) groups excluding carboxylic acids is 1. The molecule has 25 heavy (non-hydrogen) atoms. The number of benzene rings is 1. The number of hydrogen-bond donors (Lipinski definition) is 0. The first-order valence-corrected chi connectivity index (χ1v) is 9.12. The summed E-state index contributed by atoms with van der Waals surface area (Å²) in [6.07, 6.45) is 7.13. The van der Waals surface area contributed by atoms with Crippen molar-refractivity contribution in [3.63, 3.8) is 0 Å². The summed E-state index contributed by atoms with van der Waals surface area (Å²) in [5.74, 6) is 1.37. The number of urea groups is 1. The van der Waals surface area contributed by atoms with Gasteiger partial charge in [0, 0.05) is 33.1 Å². The summed E-state index contributed by atoms with van der Waals surface area (Å²) in [5, 5.41) is 4.49. The Kier molecular flexibility index (Phi) is 4.19. The van der Waals surface area contributed by atoms with E-state index in [0.29, 0.717) is 5.92 Å². The quantitative estimate of drug-likeness (QED) is 0.845. The van der Waals surface area contributed by atoms with E-state index in [0.717, 1.165) is 43.9 Å². The van der Waals surface area contributed by atoms with E-state index in [-0.39, 0.29) is 6.03 Å². The average molecular weight is 339 g/mol. The summed E-state index contributed by atoms with van der Waals surface area (Å²) in [5.41, 5.74) is 4.03. The molecule has 6 heteroatoms. The van der Waals surface area contributed by atoms with Crippen molar-refractivity contribution in [2.75, 3.05) is 27.2 Å². The highest BCUT2D eigenvalue weighted by atomic mass is 16.2. The predicted molar refractivity (Wildman–Crippen MR) is 96.0 cm³/mol. The number of fused-ring (bicyclic) bond motifs is 1. The zero-order chi connectivity index (χ0) is 17.4. The lowest BCUT2D eigenvalue weighted by Crippen LogP contribution is -2.43. The van der Waals surface area contributed by atoms with Gasteiger partial charge >= 0.3 is 6.03 Å². The second-order valence-corrected chi connectivity index (χ2v) is 7.27. The van der Waals surface area contributed by atoms with Crippen molar-refractivity contribution < 1.29 is 4.79 Å². The normalized spacial score (nSPS) is 17.6. The van der Waals surface area contributed by atoms with E-state index in [1.807, 2.05) is 9.58 Å². The highest BCUT2D eigenvalue weighted by molar-refractivity contribution is 5.73. The summed E-state index contributed by atoms with van der Waals surface area (Å²) in [4.78, 5) is 20.2. The fourth-order valence-corrected chi connectivity index (χ4v) is 4.03. The van der Waals surface area contributed by atoms with Gasteiger partial charge in [-0.3, -0.25) is 0 Å². The molecule has 0 atom stereocenters. The van der Waals surface area contributed by atoms with Gasteiger partial charge in [-0.05, 0) is 55.4 Å². The Bertz CT molecular complexity index is 774. The molecule has 0 radical (unpaired) electrons. The van der Waals surface area contributed by atoms with Crippen molar-refractivity contribution in [2.24, 2.45) is 0 Å². The number of aromatic nitrogens is 3. The monoisotopic (exact) mass is 339 g/mol. The van der Waals surface area contributed by atoms with Crippen molar-refractivity contribution in [2.45, 2.75) is 38.0 Å². The number of nitrogens with zero attached hydrogens (tertiary/aromatic N) is 5. The van der Waals surface area contributed by atoms with Crippen molar-refractivity contribution in [3.8, 4) is 5.69 Å². The molecule has 0 unspecified atom stereocenters. The minimum absolute atomic E-state index is 0.0959. The van der Waals surface area contributed by atoms with Crippen molar-refractivity contribution in [1.29, 1.82) is 0 Å². The molecule has 6 nitrogen and oxygen atoms in total. The van der Waals surface area contributed by atoms with Crippen LogP contribution in [0.1, 0.15) is 42.1 Å². The van der Waals surface area contributed by atoms with Crippen LogP contribution < -0.4 is 0 Å². The molecule has 2 aliphatic rings. The Morgan fingerprint density at radius 1 is 1.16 bits per heavy atom. The molecule has 1 saturated heterocycles. The lowest BCUT2D eigenvalue weighted by atomic mass is 9.96. The standard InChI is InChI=1S/C19H25N5O/c1-22(2)19(25)23-10-8-15(9-11-23)18-20-13-21-24(18)17-7-6-14-4-3-5-16(14)12-17/h6-7,12-13,15H,3-5,8-11H2,1-2H3. The average Bonchev–Trinajstić information content (AvgIpc) is 3.29. The third kappa shape index (κ3) is 3.01. The summed E-state index contributed by atoms with van der Waals surface area (Å²) in [6.45, 7) is 1.55. The van der Waals surface area contributed by atoms with E-state index in [4.69, 9.17) is 0 Å². The first-order chi connectivity index (χ1) is 12.1. The molecule has 2 heterocycles. The second-order valence-electron chi connectivity index (χ2n) is 7.27. The molecule has 0 N–H and O–H groups in total. The van der Waals surface area contributed by atoms with E-state index in [1.54, 1.807) is 25.3 Å². The van der Waals surface area contributed by atoms with E-state index in [2.05, 4.69) is 28.3 Å². The highest BCUT2D eigenvalue weighted by Crippen LogP contribution is 2.30. The number of rotatable bonds is 2. The molecule has 0 spiro atoms. The van der Waals surface area contributed by atoms with Gasteiger partial charge in [-0.15, -0.1) is 0 Å². The van der Waals surface area contributed by atoms with Crippen LogP contribution in [0.5, 0.6) is 0 Å². The van der Waals surface area contributed by atoms with Gasteiger partial charge in [-0.25, -0.2) is 14.5 Å². The van der Waals surface area contributed by atoms with Crippen LogP contribution in [0.2, 0.25) is 0 Å². The topological polar surface area (TPSA) is 54.3 Å². The molecule has 0 bridgehead atoms. The van der Waals surface area contributed by atoms with Crippen LogP contribution in [0.3, 0.4) is 0 Å². The zero-order valence-corrected chi connectivity index (χ0v) is 15.0. The maximum absolute atomic E-state index is 12.1. The number of likely N-dealkylation sites (tertiary alicyclic amines) is 1.